The van der Waals surface area contributed by atoms with Crippen LogP contribution in [-0.2, 0) is 33.6 Å². The van der Waals surface area contributed by atoms with Crippen molar-refractivity contribution in [3.63, 3.8) is 0 Å². The maximum atomic E-state index is 15.3. The maximum absolute atomic E-state index is 15.3. The molecule has 2 aliphatic heterocycles. The van der Waals surface area contributed by atoms with Gasteiger partial charge in [-0.15, -0.1) is 0 Å². The third-order valence-corrected chi connectivity index (χ3v) is 7.20. The summed E-state index contributed by atoms with van der Waals surface area (Å²) in [6.45, 7) is -0.485. The highest BCUT2D eigenvalue weighted by atomic mass is 35.5. The molecule has 0 bridgehead atoms. The Bertz CT molecular complexity index is 1340. The van der Waals surface area contributed by atoms with Gasteiger partial charge >= 0.3 is 12.3 Å². The van der Waals surface area contributed by atoms with E-state index in [4.69, 9.17) is 16.3 Å². The first kappa shape index (κ1) is 25.9. The number of carbonyl (C=O) groups is 4. The lowest BCUT2D eigenvalue weighted by atomic mass is 9.89. The lowest BCUT2D eigenvalue weighted by Gasteiger charge is -2.36. The van der Waals surface area contributed by atoms with Crippen LogP contribution < -0.4 is 10.6 Å². The SMILES string of the molecule is O=C1CCC(N2Cc3c(Cl)cc(CNC(=O)OC4CC(n5ccnc5C(F)(F)F)C4)c(F)c3C2=O)C(=O)N1. The van der Waals surface area contributed by atoms with Crippen LogP contribution in [0.3, 0.4) is 0 Å². The number of fused-ring (bicyclic) bond motifs is 1. The lowest BCUT2D eigenvalue weighted by Crippen LogP contribution is -2.52. The van der Waals surface area contributed by atoms with E-state index in [0.717, 1.165) is 15.7 Å². The molecule has 4 amide bonds. The third kappa shape index (κ3) is 4.68. The van der Waals surface area contributed by atoms with Crippen molar-refractivity contribution >= 4 is 35.4 Å². The van der Waals surface area contributed by atoms with Crippen LogP contribution >= 0.6 is 11.6 Å². The molecule has 2 aromatic rings. The molecule has 0 radical (unpaired) electrons. The summed E-state index contributed by atoms with van der Waals surface area (Å²) in [6, 6.07) is -0.215. The zero-order valence-electron chi connectivity index (χ0n) is 19.5. The number of nitrogens with one attached hydrogen (secondary N) is 2. The Labute approximate surface area is 217 Å². The van der Waals surface area contributed by atoms with E-state index in [9.17, 15) is 32.3 Å². The van der Waals surface area contributed by atoms with Gasteiger partial charge in [-0.3, -0.25) is 19.7 Å². The topological polar surface area (TPSA) is 123 Å². The number of ether oxygens (including phenoxy) is 1. The minimum atomic E-state index is -4.60. The van der Waals surface area contributed by atoms with Crippen LogP contribution in [0.1, 0.15) is 59.0 Å². The van der Waals surface area contributed by atoms with E-state index < -0.39 is 59.8 Å². The van der Waals surface area contributed by atoms with Crippen LogP contribution in [0, 0.1) is 5.82 Å². The molecule has 3 aliphatic rings. The van der Waals surface area contributed by atoms with Crippen LogP contribution in [0.2, 0.25) is 5.02 Å². The summed E-state index contributed by atoms with van der Waals surface area (Å²) >= 11 is 6.29. The van der Waals surface area contributed by atoms with Crippen LogP contribution in [0.15, 0.2) is 18.5 Å². The van der Waals surface area contributed by atoms with Crippen molar-refractivity contribution in [1.29, 1.82) is 0 Å². The number of halogens is 5. The standard InChI is InChI=1S/C23H20ClF4N5O5/c24-14-5-10(18(25)17-13(14)9-33(20(17)36)15-1-2-16(34)31-19(15)35)8-30-22(37)38-12-6-11(7-12)32-4-3-29-21(32)23(26,27)28/h3-5,11-12,15H,1-2,6-9H2,(H,30,37)(H,31,34,35). The molecule has 1 aromatic heterocycles. The van der Waals surface area contributed by atoms with E-state index >= 15 is 4.39 Å². The number of piperidine rings is 1. The Morgan fingerprint density at radius 1 is 1.26 bits per heavy atom. The molecule has 1 aliphatic carbocycles. The molecule has 202 valence electrons. The van der Waals surface area contributed by atoms with Crippen molar-refractivity contribution in [3.8, 4) is 0 Å². The highest BCUT2D eigenvalue weighted by molar-refractivity contribution is 6.32. The number of carbonyl (C=O) groups excluding carboxylic acids is 4. The van der Waals surface area contributed by atoms with Gasteiger partial charge in [0.15, 0.2) is 0 Å². The normalized spacial score (nSPS) is 23.1. The molecule has 3 heterocycles. The number of imidazole rings is 1. The fourth-order valence-electron chi connectivity index (χ4n) is 4.89. The number of hydrogen-bond acceptors (Lipinski definition) is 6. The second-order valence-corrected chi connectivity index (χ2v) is 9.65. The van der Waals surface area contributed by atoms with Gasteiger partial charge in [-0.25, -0.2) is 14.2 Å². The van der Waals surface area contributed by atoms with Gasteiger partial charge in [0.05, 0.1) is 5.56 Å². The second kappa shape index (κ2) is 9.57. The average Bonchev–Trinajstić information content (AvgIpc) is 3.43. The van der Waals surface area contributed by atoms with E-state index in [2.05, 4.69) is 15.6 Å². The predicted molar refractivity (Wildman–Crippen MR) is 120 cm³/mol. The Morgan fingerprint density at radius 3 is 2.68 bits per heavy atom. The quantitative estimate of drug-likeness (QED) is 0.430. The van der Waals surface area contributed by atoms with Gasteiger partial charge in [-0.05, 0) is 12.5 Å². The lowest BCUT2D eigenvalue weighted by molar-refractivity contribution is -0.149. The highest BCUT2D eigenvalue weighted by Crippen LogP contribution is 2.39. The highest BCUT2D eigenvalue weighted by Gasteiger charge is 2.43. The molecule has 0 spiro atoms. The molecular weight excluding hydrogens is 538 g/mol. The van der Waals surface area contributed by atoms with Gasteiger partial charge in [0.2, 0.25) is 17.6 Å². The fourth-order valence-corrected chi connectivity index (χ4v) is 5.17. The van der Waals surface area contributed by atoms with Gasteiger partial charge in [0.1, 0.15) is 18.0 Å². The van der Waals surface area contributed by atoms with E-state index in [-0.39, 0.29) is 60.5 Å². The zero-order chi connectivity index (χ0) is 27.4. The first-order chi connectivity index (χ1) is 17.9. The third-order valence-electron chi connectivity index (χ3n) is 6.86. The van der Waals surface area contributed by atoms with Crippen molar-refractivity contribution < 1.29 is 41.5 Å². The molecule has 38 heavy (non-hydrogen) atoms. The van der Waals surface area contributed by atoms with Gasteiger partial charge in [0.25, 0.3) is 5.91 Å². The minimum Gasteiger partial charge on any atom is -0.446 e. The summed E-state index contributed by atoms with van der Waals surface area (Å²) in [5, 5.41) is 4.58. The number of amides is 4. The molecule has 2 fully saturated rings. The molecule has 10 nitrogen and oxygen atoms in total. The molecule has 1 aromatic carbocycles. The zero-order valence-corrected chi connectivity index (χ0v) is 20.2. The Hall–Kier alpha value is -3.68. The number of alkyl carbamates (subject to hydrolysis) is 1. The van der Waals surface area contributed by atoms with E-state index in [1.165, 1.54) is 12.3 Å². The van der Waals surface area contributed by atoms with Crippen LogP contribution in [0.25, 0.3) is 0 Å². The summed E-state index contributed by atoms with van der Waals surface area (Å²) in [5.74, 6) is -3.79. The number of alkyl halides is 3. The Morgan fingerprint density at radius 2 is 2.00 bits per heavy atom. The summed E-state index contributed by atoms with van der Waals surface area (Å²) in [6.07, 6.45) is -3.45. The number of rotatable bonds is 5. The van der Waals surface area contributed by atoms with Gasteiger partial charge < -0.3 is 19.5 Å². The largest absolute Gasteiger partial charge is 0.449 e. The van der Waals surface area contributed by atoms with Crippen LogP contribution in [0.4, 0.5) is 22.4 Å². The average molecular weight is 558 g/mol. The summed E-state index contributed by atoms with van der Waals surface area (Å²) < 4.78 is 60.5. The van der Waals surface area contributed by atoms with E-state index in [1.54, 1.807) is 0 Å². The molecule has 1 saturated heterocycles. The van der Waals surface area contributed by atoms with Crippen molar-refractivity contribution in [2.24, 2.45) is 0 Å². The number of imide groups is 1. The molecule has 1 saturated carbocycles. The van der Waals surface area contributed by atoms with Gasteiger partial charge in [0, 0.05) is 66.9 Å². The van der Waals surface area contributed by atoms with Crippen molar-refractivity contribution in [3.05, 3.63) is 51.8 Å². The van der Waals surface area contributed by atoms with Crippen LogP contribution in [-0.4, -0.2) is 50.4 Å². The smallest absolute Gasteiger partial charge is 0.446 e. The molecule has 2 N–H and O–H groups in total. The van der Waals surface area contributed by atoms with E-state index in [0.29, 0.717) is 0 Å². The van der Waals surface area contributed by atoms with Crippen molar-refractivity contribution in [1.82, 2.24) is 25.1 Å². The predicted octanol–water partition coefficient (Wildman–Crippen LogP) is 3.09. The fraction of sp³-hybridized carbons (Fsp3) is 0.435. The molecular formula is C23H20ClF4N5O5. The molecule has 15 heteroatoms. The number of aromatic nitrogens is 2. The summed E-state index contributed by atoms with van der Waals surface area (Å²) in [4.78, 5) is 53.3. The number of hydrogen-bond donors (Lipinski definition) is 2. The number of nitrogens with zero attached hydrogens (tertiary/aromatic N) is 3. The Kier molecular flexibility index (Phi) is 6.53. The maximum Gasteiger partial charge on any atom is 0.449 e. The first-order valence-electron chi connectivity index (χ1n) is 11.6. The minimum absolute atomic E-state index is 0.0393. The summed E-state index contributed by atoms with van der Waals surface area (Å²) in [5.41, 5.74) is -0.206. The number of benzene rings is 1. The summed E-state index contributed by atoms with van der Waals surface area (Å²) in [7, 11) is 0. The van der Waals surface area contributed by atoms with E-state index in [1.807, 2.05) is 0 Å². The van der Waals surface area contributed by atoms with Crippen molar-refractivity contribution in [2.75, 3.05) is 0 Å². The van der Waals surface area contributed by atoms with Crippen LogP contribution in [0.5, 0.6) is 0 Å². The second-order valence-electron chi connectivity index (χ2n) is 9.25. The molecule has 5 rings (SSSR count). The first-order valence-corrected chi connectivity index (χ1v) is 12.0. The Balaban J connectivity index is 1.19. The monoisotopic (exact) mass is 557 g/mol. The molecule has 1 unspecified atom stereocenters. The van der Waals surface area contributed by atoms with Gasteiger partial charge in [-0.1, -0.05) is 11.6 Å². The van der Waals surface area contributed by atoms with Crippen molar-refractivity contribution in [2.45, 2.75) is 63.1 Å². The van der Waals surface area contributed by atoms with Gasteiger partial charge in [-0.2, -0.15) is 13.2 Å². The molecule has 1 atom stereocenters.